The number of halogens is 1. The van der Waals surface area contributed by atoms with Crippen LogP contribution < -0.4 is 5.73 Å². The van der Waals surface area contributed by atoms with Crippen molar-refractivity contribution < 1.29 is 4.74 Å². The molecule has 0 saturated carbocycles. The predicted octanol–water partition coefficient (Wildman–Crippen LogP) is 1.76. The Morgan fingerprint density at radius 3 is 2.38 bits per heavy atom. The standard InChI is InChI=1S/C15H30N4O.HI/c1-13-4-8-19(9-5-13)14(16)17-12-15(18(2)3)6-10-20-11-7-15;/h13H,4-12H2,1-3H3,(H2,16,17);1H. The Labute approximate surface area is 146 Å². The fraction of sp³-hybridized carbons (Fsp3) is 0.933. The Hall–Kier alpha value is -0.0800. The molecule has 0 radical (unpaired) electrons. The minimum absolute atomic E-state index is 0. The lowest BCUT2D eigenvalue weighted by atomic mass is 9.89. The molecule has 0 amide bonds. The number of aliphatic imine (C=N–C) groups is 1. The minimum atomic E-state index is 0. The summed E-state index contributed by atoms with van der Waals surface area (Å²) in [6.07, 6.45) is 4.52. The van der Waals surface area contributed by atoms with Gasteiger partial charge in [0.15, 0.2) is 5.96 Å². The van der Waals surface area contributed by atoms with Crippen molar-refractivity contribution >= 4 is 29.9 Å². The van der Waals surface area contributed by atoms with Gasteiger partial charge in [-0.3, -0.25) is 4.99 Å². The normalized spacial score (nSPS) is 24.0. The lowest BCUT2D eigenvalue weighted by Crippen LogP contribution is -2.52. The van der Waals surface area contributed by atoms with E-state index in [-0.39, 0.29) is 29.5 Å². The highest BCUT2D eigenvalue weighted by molar-refractivity contribution is 14.0. The highest BCUT2D eigenvalue weighted by atomic mass is 127. The third-order valence-corrected chi connectivity index (χ3v) is 5.02. The van der Waals surface area contributed by atoms with E-state index in [0.29, 0.717) is 0 Å². The van der Waals surface area contributed by atoms with Crippen molar-refractivity contribution in [2.24, 2.45) is 16.6 Å². The Morgan fingerprint density at radius 1 is 1.29 bits per heavy atom. The van der Waals surface area contributed by atoms with Crippen LogP contribution in [0.4, 0.5) is 0 Å². The van der Waals surface area contributed by atoms with Crippen LogP contribution in [0.15, 0.2) is 4.99 Å². The summed E-state index contributed by atoms with van der Waals surface area (Å²) in [5.41, 5.74) is 6.31. The third-order valence-electron chi connectivity index (χ3n) is 5.02. The van der Waals surface area contributed by atoms with Gasteiger partial charge >= 0.3 is 0 Å². The maximum Gasteiger partial charge on any atom is 0.191 e. The number of hydrogen-bond acceptors (Lipinski definition) is 3. The van der Waals surface area contributed by atoms with Crippen LogP contribution in [0.1, 0.15) is 32.6 Å². The summed E-state index contributed by atoms with van der Waals surface area (Å²) in [5.74, 6) is 1.55. The molecule has 0 unspecified atom stereocenters. The topological polar surface area (TPSA) is 54.1 Å². The summed E-state index contributed by atoms with van der Waals surface area (Å²) in [6, 6.07) is 0. The van der Waals surface area contributed by atoms with E-state index in [0.717, 1.165) is 57.6 Å². The van der Waals surface area contributed by atoms with Crippen molar-refractivity contribution in [1.82, 2.24) is 9.80 Å². The SMILES string of the molecule is CC1CCN(C(N)=NCC2(N(C)C)CCOCC2)CC1.I. The summed E-state index contributed by atoms with van der Waals surface area (Å²) >= 11 is 0. The van der Waals surface area contributed by atoms with Gasteiger partial charge in [-0.15, -0.1) is 24.0 Å². The number of guanidine groups is 1. The molecule has 2 rings (SSSR count). The van der Waals surface area contributed by atoms with E-state index >= 15 is 0 Å². The third kappa shape index (κ3) is 4.96. The molecule has 0 atom stereocenters. The summed E-state index contributed by atoms with van der Waals surface area (Å²) in [7, 11) is 4.28. The van der Waals surface area contributed by atoms with Crippen molar-refractivity contribution in [3.63, 3.8) is 0 Å². The number of rotatable bonds is 3. The number of nitrogens with two attached hydrogens (primary N) is 1. The number of hydrogen-bond donors (Lipinski definition) is 1. The predicted molar refractivity (Wildman–Crippen MR) is 98.3 cm³/mol. The molecular weight excluding hydrogens is 379 g/mol. The first kappa shape index (κ1) is 19.0. The molecule has 0 aromatic carbocycles. The van der Waals surface area contributed by atoms with Crippen molar-refractivity contribution in [3.8, 4) is 0 Å². The Kier molecular flexibility index (Phi) is 7.70. The molecular formula is C15H31IN4O. The van der Waals surface area contributed by atoms with Crippen molar-refractivity contribution in [2.45, 2.75) is 38.1 Å². The lowest BCUT2D eigenvalue weighted by molar-refractivity contribution is -0.00263. The molecule has 0 aliphatic carbocycles. The van der Waals surface area contributed by atoms with Gasteiger partial charge in [0.2, 0.25) is 0 Å². The molecule has 2 aliphatic rings. The summed E-state index contributed by atoms with van der Waals surface area (Å²) < 4.78 is 5.49. The molecule has 0 bridgehead atoms. The van der Waals surface area contributed by atoms with Gasteiger partial charge in [0.05, 0.1) is 6.54 Å². The van der Waals surface area contributed by atoms with Crippen LogP contribution in [0.25, 0.3) is 0 Å². The van der Waals surface area contributed by atoms with Crippen LogP contribution in [0.3, 0.4) is 0 Å². The maximum atomic E-state index is 6.20. The van der Waals surface area contributed by atoms with Crippen molar-refractivity contribution in [3.05, 3.63) is 0 Å². The second-order valence-electron chi connectivity index (χ2n) is 6.58. The Bertz CT molecular complexity index is 335. The molecule has 2 aliphatic heterocycles. The zero-order valence-corrected chi connectivity index (χ0v) is 16.0. The van der Waals surface area contributed by atoms with Crippen LogP contribution in [-0.2, 0) is 4.74 Å². The molecule has 2 fully saturated rings. The van der Waals surface area contributed by atoms with E-state index in [1.165, 1.54) is 12.8 Å². The van der Waals surface area contributed by atoms with E-state index in [4.69, 9.17) is 15.5 Å². The zero-order valence-electron chi connectivity index (χ0n) is 13.7. The number of likely N-dealkylation sites (N-methyl/N-ethyl adjacent to an activating group) is 1. The zero-order chi connectivity index (χ0) is 14.6. The van der Waals surface area contributed by atoms with Gasteiger partial charge in [-0.05, 0) is 45.7 Å². The fourth-order valence-corrected chi connectivity index (χ4v) is 3.06. The molecule has 21 heavy (non-hydrogen) atoms. The molecule has 6 heteroatoms. The second kappa shape index (κ2) is 8.53. The molecule has 5 nitrogen and oxygen atoms in total. The number of piperidine rings is 1. The highest BCUT2D eigenvalue weighted by Gasteiger charge is 2.34. The summed E-state index contributed by atoms with van der Waals surface area (Å²) in [5, 5.41) is 0. The molecule has 2 saturated heterocycles. The largest absolute Gasteiger partial charge is 0.381 e. The van der Waals surface area contributed by atoms with Gasteiger partial charge in [0.1, 0.15) is 0 Å². The van der Waals surface area contributed by atoms with Gasteiger partial charge in [0, 0.05) is 31.8 Å². The first-order valence-corrected chi connectivity index (χ1v) is 7.83. The first-order chi connectivity index (χ1) is 9.53. The Morgan fingerprint density at radius 2 is 1.86 bits per heavy atom. The van der Waals surface area contributed by atoms with E-state index in [1.54, 1.807) is 0 Å². The second-order valence-corrected chi connectivity index (χ2v) is 6.58. The number of nitrogens with zero attached hydrogens (tertiary/aromatic N) is 3. The van der Waals surface area contributed by atoms with E-state index in [2.05, 4.69) is 30.8 Å². The van der Waals surface area contributed by atoms with Crippen LogP contribution in [0.5, 0.6) is 0 Å². The van der Waals surface area contributed by atoms with E-state index in [9.17, 15) is 0 Å². The summed E-state index contributed by atoms with van der Waals surface area (Å²) in [4.78, 5) is 9.25. The van der Waals surface area contributed by atoms with Crippen LogP contribution >= 0.6 is 24.0 Å². The smallest absolute Gasteiger partial charge is 0.191 e. The maximum absolute atomic E-state index is 6.20. The monoisotopic (exact) mass is 410 g/mol. The van der Waals surface area contributed by atoms with Gasteiger partial charge in [-0.25, -0.2) is 0 Å². The minimum Gasteiger partial charge on any atom is -0.381 e. The van der Waals surface area contributed by atoms with Gasteiger partial charge in [-0.1, -0.05) is 6.92 Å². The van der Waals surface area contributed by atoms with Crippen molar-refractivity contribution in [2.75, 3.05) is 46.9 Å². The quantitative estimate of drug-likeness (QED) is 0.438. The average molecular weight is 410 g/mol. The molecule has 2 heterocycles. The van der Waals surface area contributed by atoms with Crippen LogP contribution in [0, 0.1) is 5.92 Å². The fourth-order valence-electron chi connectivity index (χ4n) is 3.06. The van der Waals surface area contributed by atoms with Crippen LogP contribution in [0.2, 0.25) is 0 Å². The van der Waals surface area contributed by atoms with Gasteiger partial charge in [0.25, 0.3) is 0 Å². The summed E-state index contributed by atoms with van der Waals surface area (Å²) in [6.45, 7) is 6.85. The molecule has 124 valence electrons. The van der Waals surface area contributed by atoms with Crippen molar-refractivity contribution in [1.29, 1.82) is 0 Å². The lowest BCUT2D eigenvalue weighted by Gasteiger charge is -2.42. The molecule has 2 N–H and O–H groups in total. The van der Waals surface area contributed by atoms with Crippen LogP contribution in [-0.4, -0.2) is 68.2 Å². The van der Waals surface area contributed by atoms with E-state index < -0.39 is 0 Å². The number of ether oxygens (including phenoxy) is 1. The molecule has 0 spiro atoms. The molecule has 0 aromatic heterocycles. The Balaban J connectivity index is 0.00000220. The first-order valence-electron chi connectivity index (χ1n) is 7.83. The number of likely N-dealkylation sites (tertiary alicyclic amines) is 1. The van der Waals surface area contributed by atoms with Gasteiger partial charge < -0.3 is 20.3 Å². The van der Waals surface area contributed by atoms with Gasteiger partial charge in [-0.2, -0.15) is 0 Å². The molecule has 0 aromatic rings. The highest BCUT2D eigenvalue weighted by Crippen LogP contribution is 2.26. The van der Waals surface area contributed by atoms with E-state index in [1.807, 2.05) is 0 Å². The average Bonchev–Trinajstić information content (AvgIpc) is 2.46.